The van der Waals surface area contributed by atoms with Crippen LogP contribution in [0.4, 0.5) is 14.5 Å². The van der Waals surface area contributed by atoms with Gasteiger partial charge in [0.15, 0.2) is 0 Å². The predicted octanol–water partition coefficient (Wildman–Crippen LogP) is 4.52. The van der Waals surface area contributed by atoms with Crippen LogP contribution in [-0.4, -0.2) is 18.8 Å². The first-order valence-corrected chi connectivity index (χ1v) is 7.55. The fourth-order valence-corrected chi connectivity index (χ4v) is 2.67. The van der Waals surface area contributed by atoms with Crippen molar-refractivity contribution in [3.8, 4) is 0 Å². The van der Waals surface area contributed by atoms with E-state index >= 15 is 0 Å². The molecule has 1 N–H and O–H groups in total. The largest absolute Gasteiger partial charge is 0.379 e. The minimum Gasteiger partial charge on any atom is -0.379 e. The lowest BCUT2D eigenvalue weighted by Gasteiger charge is -2.52. The highest BCUT2D eigenvalue weighted by Gasteiger charge is 2.49. The fraction of sp³-hybridized carbons (Fsp3) is 0.647. The molecule has 0 radical (unpaired) electrons. The first-order valence-electron chi connectivity index (χ1n) is 7.55. The molecule has 0 amide bonds. The molecule has 0 aliphatic heterocycles. The second kappa shape index (κ2) is 5.91. The monoisotopic (exact) mass is 297 g/mol. The molecule has 2 rings (SSSR count). The number of ether oxygens (including phenoxy) is 1. The van der Waals surface area contributed by atoms with E-state index in [0.717, 1.165) is 13.0 Å². The molecule has 1 fully saturated rings. The van der Waals surface area contributed by atoms with Crippen LogP contribution < -0.4 is 5.32 Å². The smallest absolute Gasteiger partial charge is 0.146 e. The predicted molar refractivity (Wildman–Crippen MR) is 81.5 cm³/mol. The van der Waals surface area contributed by atoms with Crippen LogP contribution in [0.2, 0.25) is 0 Å². The molecule has 118 valence electrons. The van der Waals surface area contributed by atoms with Crippen molar-refractivity contribution < 1.29 is 13.5 Å². The summed E-state index contributed by atoms with van der Waals surface area (Å²) in [6.07, 6.45) is 0.977. The van der Waals surface area contributed by atoms with Gasteiger partial charge in [-0.1, -0.05) is 27.7 Å². The maximum atomic E-state index is 13.9. The lowest BCUT2D eigenvalue weighted by molar-refractivity contribution is -0.108. The van der Waals surface area contributed by atoms with Gasteiger partial charge in [0.25, 0.3) is 0 Å². The van der Waals surface area contributed by atoms with Gasteiger partial charge in [0.05, 0.1) is 11.8 Å². The maximum Gasteiger partial charge on any atom is 0.146 e. The Hall–Kier alpha value is -1.16. The quantitative estimate of drug-likeness (QED) is 0.862. The standard InChI is InChI=1S/C17H25F2NO/c1-10(2)9-21-16-8-15(17(16,4)5)20-14-7-12(18)11(3)6-13(14)19/h6-7,10,15-16,20H,8-9H2,1-5H3. The summed E-state index contributed by atoms with van der Waals surface area (Å²) in [7, 11) is 0. The average Bonchev–Trinajstić information content (AvgIpc) is 2.38. The molecule has 0 aromatic heterocycles. The Morgan fingerprint density at radius 1 is 1.29 bits per heavy atom. The maximum absolute atomic E-state index is 13.9. The molecule has 2 atom stereocenters. The summed E-state index contributed by atoms with van der Waals surface area (Å²) in [6.45, 7) is 10.7. The van der Waals surface area contributed by atoms with Crippen molar-refractivity contribution >= 4 is 5.69 Å². The van der Waals surface area contributed by atoms with Gasteiger partial charge in [-0.15, -0.1) is 0 Å². The summed E-state index contributed by atoms with van der Waals surface area (Å²) in [4.78, 5) is 0. The highest BCUT2D eigenvalue weighted by molar-refractivity contribution is 5.48. The van der Waals surface area contributed by atoms with E-state index in [1.165, 1.54) is 12.1 Å². The van der Waals surface area contributed by atoms with Gasteiger partial charge in [0.2, 0.25) is 0 Å². The summed E-state index contributed by atoms with van der Waals surface area (Å²) >= 11 is 0. The zero-order valence-electron chi connectivity index (χ0n) is 13.5. The Morgan fingerprint density at radius 3 is 2.52 bits per heavy atom. The zero-order chi connectivity index (χ0) is 15.8. The minimum absolute atomic E-state index is 0.0891. The number of hydrogen-bond donors (Lipinski definition) is 1. The van der Waals surface area contributed by atoms with Gasteiger partial charge in [-0.3, -0.25) is 0 Å². The summed E-state index contributed by atoms with van der Waals surface area (Å²) in [5.41, 5.74) is 0.463. The van der Waals surface area contributed by atoms with Crippen LogP contribution in [-0.2, 0) is 4.74 Å². The molecule has 1 aromatic carbocycles. The Bertz CT molecular complexity index is 514. The molecule has 1 aliphatic rings. The minimum atomic E-state index is -0.406. The molecule has 1 aromatic rings. The molecule has 0 heterocycles. The number of rotatable bonds is 5. The van der Waals surface area contributed by atoms with E-state index in [-0.39, 0.29) is 29.1 Å². The summed E-state index contributed by atoms with van der Waals surface area (Å²) in [6, 6.07) is 2.56. The highest BCUT2D eigenvalue weighted by atomic mass is 19.1. The molecule has 4 heteroatoms. The topological polar surface area (TPSA) is 21.3 Å². The molecule has 0 bridgehead atoms. The SMILES string of the molecule is Cc1cc(F)c(NC2CC(OCC(C)C)C2(C)C)cc1F. The fourth-order valence-electron chi connectivity index (χ4n) is 2.67. The van der Waals surface area contributed by atoms with Crippen LogP contribution in [0.1, 0.15) is 39.7 Å². The van der Waals surface area contributed by atoms with E-state index < -0.39 is 5.82 Å². The molecule has 1 saturated carbocycles. The summed E-state index contributed by atoms with van der Waals surface area (Å²) in [5.74, 6) is -0.295. The third-order valence-electron chi connectivity index (χ3n) is 4.39. The number of nitrogens with one attached hydrogen (secondary N) is 1. The molecular weight excluding hydrogens is 272 g/mol. The Balaban J connectivity index is 2.01. The molecule has 1 aliphatic carbocycles. The molecule has 21 heavy (non-hydrogen) atoms. The van der Waals surface area contributed by atoms with Crippen molar-refractivity contribution in [2.24, 2.45) is 11.3 Å². The van der Waals surface area contributed by atoms with Gasteiger partial charge in [0, 0.05) is 24.1 Å². The van der Waals surface area contributed by atoms with Crippen molar-refractivity contribution in [2.45, 2.75) is 53.2 Å². The first-order chi connectivity index (χ1) is 9.71. The van der Waals surface area contributed by atoms with Crippen molar-refractivity contribution in [2.75, 3.05) is 11.9 Å². The van der Waals surface area contributed by atoms with Crippen LogP contribution in [0.15, 0.2) is 12.1 Å². The number of aryl methyl sites for hydroxylation is 1. The third kappa shape index (κ3) is 3.37. The second-order valence-electron chi connectivity index (χ2n) is 7.05. The lowest BCUT2D eigenvalue weighted by Crippen LogP contribution is -2.58. The first kappa shape index (κ1) is 16.2. The number of benzene rings is 1. The normalized spacial score (nSPS) is 24.0. The van der Waals surface area contributed by atoms with Gasteiger partial charge in [0.1, 0.15) is 11.6 Å². The van der Waals surface area contributed by atoms with E-state index in [1.807, 2.05) is 0 Å². The summed E-state index contributed by atoms with van der Waals surface area (Å²) in [5, 5.41) is 3.13. The van der Waals surface area contributed by atoms with Crippen LogP contribution in [0, 0.1) is 29.9 Å². The Labute approximate surface area is 125 Å². The number of halogens is 2. The van der Waals surface area contributed by atoms with Crippen LogP contribution in [0.5, 0.6) is 0 Å². The zero-order valence-corrected chi connectivity index (χ0v) is 13.5. The van der Waals surface area contributed by atoms with Crippen molar-refractivity contribution in [3.63, 3.8) is 0 Å². The summed E-state index contributed by atoms with van der Waals surface area (Å²) < 4.78 is 33.4. The third-order valence-corrected chi connectivity index (χ3v) is 4.39. The number of anilines is 1. The number of hydrogen-bond acceptors (Lipinski definition) is 2. The van der Waals surface area contributed by atoms with Gasteiger partial charge in [-0.05, 0) is 30.9 Å². The van der Waals surface area contributed by atoms with Crippen LogP contribution in [0.25, 0.3) is 0 Å². The van der Waals surface area contributed by atoms with E-state index in [1.54, 1.807) is 6.92 Å². The highest BCUT2D eigenvalue weighted by Crippen LogP contribution is 2.44. The Kier molecular flexibility index (Phi) is 4.57. The van der Waals surface area contributed by atoms with E-state index in [9.17, 15) is 8.78 Å². The van der Waals surface area contributed by atoms with Gasteiger partial charge in [-0.2, -0.15) is 0 Å². The lowest BCUT2D eigenvalue weighted by atomic mass is 9.64. The van der Waals surface area contributed by atoms with Crippen molar-refractivity contribution in [1.29, 1.82) is 0 Å². The van der Waals surface area contributed by atoms with Gasteiger partial charge < -0.3 is 10.1 Å². The van der Waals surface area contributed by atoms with Gasteiger partial charge in [-0.25, -0.2) is 8.78 Å². The molecule has 2 nitrogen and oxygen atoms in total. The van der Waals surface area contributed by atoms with Crippen molar-refractivity contribution in [1.82, 2.24) is 0 Å². The molecule has 0 spiro atoms. The molecule has 0 saturated heterocycles. The van der Waals surface area contributed by atoms with Crippen LogP contribution in [0.3, 0.4) is 0 Å². The molecule has 2 unspecified atom stereocenters. The van der Waals surface area contributed by atoms with Crippen molar-refractivity contribution in [3.05, 3.63) is 29.3 Å². The van der Waals surface area contributed by atoms with E-state index in [2.05, 4.69) is 33.0 Å². The van der Waals surface area contributed by atoms with Crippen LogP contribution >= 0.6 is 0 Å². The Morgan fingerprint density at radius 2 is 1.95 bits per heavy atom. The van der Waals surface area contributed by atoms with E-state index in [4.69, 9.17) is 4.74 Å². The van der Waals surface area contributed by atoms with E-state index in [0.29, 0.717) is 11.5 Å². The molecular formula is C17H25F2NO. The average molecular weight is 297 g/mol. The van der Waals surface area contributed by atoms with Gasteiger partial charge >= 0.3 is 0 Å². The second-order valence-corrected chi connectivity index (χ2v) is 7.05.